The van der Waals surface area contributed by atoms with E-state index >= 15 is 0 Å². The van der Waals surface area contributed by atoms with Crippen LogP contribution < -0.4 is 16.7 Å². The fourth-order valence-corrected chi connectivity index (χ4v) is 3.09. The first-order chi connectivity index (χ1) is 14.4. The molecule has 1 aliphatic heterocycles. The minimum atomic E-state index is -1.00. The van der Waals surface area contributed by atoms with E-state index in [1.807, 2.05) is 23.6 Å². The Hall–Kier alpha value is -4.05. The predicted octanol–water partition coefficient (Wildman–Crippen LogP) is 1.64. The molecule has 4 N–H and O–H groups in total. The Kier molecular flexibility index (Phi) is 6.18. The number of esters is 1. The number of hydrazine groups is 1. The van der Waals surface area contributed by atoms with Gasteiger partial charge in [-0.3, -0.25) is 25.8 Å². The maximum Gasteiger partial charge on any atom is 0.337 e. The number of rotatable bonds is 6. The summed E-state index contributed by atoms with van der Waals surface area (Å²) in [6.45, 7) is 1.62. The minimum Gasteiger partial charge on any atom is -0.457 e. The van der Waals surface area contributed by atoms with Crippen molar-refractivity contribution in [3.8, 4) is 0 Å². The number of allylic oxidation sites excluding steroid dienone is 1. The summed E-state index contributed by atoms with van der Waals surface area (Å²) in [6, 6.07) is 14.7. The first kappa shape index (κ1) is 20.7. The molecule has 0 aromatic heterocycles. The van der Waals surface area contributed by atoms with Crippen LogP contribution in [0, 0.1) is 10.1 Å². The van der Waals surface area contributed by atoms with Crippen LogP contribution in [0.5, 0.6) is 0 Å². The predicted molar refractivity (Wildman–Crippen MR) is 108 cm³/mol. The Balaban J connectivity index is 1.99. The van der Waals surface area contributed by atoms with Crippen LogP contribution in [0.25, 0.3) is 0 Å². The molecular weight excluding hydrogens is 390 g/mol. The maximum atomic E-state index is 13.0. The number of nitrogens with two attached hydrogens (primary N) is 1. The van der Waals surface area contributed by atoms with Crippen molar-refractivity contribution in [3.63, 3.8) is 0 Å². The van der Waals surface area contributed by atoms with Crippen LogP contribution in [0.15, 0.2) is 71.0 Å². The fraction of sp³-hybridized carbons (Fsp3) is 0.150. The highest BCUT2D eigenvalue weighted by Gasteiger charge is 2.37. The smallest absolute Gasteiger partial charge is 0.337 e. The number of nitro groups is 1. The number of hydrogen-bond acceptors (Lipinski definition) is 8. The lowest BCUT2D eigenvalue weighted by atomic mass is 9.84. The number of nitrogens with zero attached hydrogens (tertiary/aromatic N) is 2. The summed E-state index contributed by atoms with van der Waals surface area (Å²) in [5, 5.41) is 15.2. The molecule has 0 radical (unpaired) electrons. The van der Waals surface area contributed by atoms with Crippen LogP contribution in [0.3, 0.4) is 0 Å². The van der Waals surface area contributed by atoms with Gasteiger partial charge in [-0.15, -0.1) is 0 Å². The zero-order valence-electron chi connectivity index (χ0n) is 16.0. The summed E-state index contributed by atoms with van der Waals surface area (Å²) < 4.78 is 5.44. The molecule has 0 fully saturated rings. The molecule has 154 valence electrons. The molecule has 1 aliphatic rings. The fourth-order valence-electron chi connectivity index (χ4n) is 3.09. The molecule has 0 saturated heterocycles. The van der Waals surface area contributed by atoms with Crippen molar-refractivity contribution >= 4 is 23.3 Å². The quantitative estimate of drug-likeness (QED) is 0.216. The zero-order chi connectivity index (χ0) is 21.7. The summed E-state index contributed by atoms with van der Waals surface area (Å²) >= 11 is 0. The summed E-state index contributed by atoms with van der Waals surface area (Å²) in [5.74, 6) is 2.84. The van der Waals surface area contributed by atoms with Crippen LogP contribution in [0.4, 0.5) is 5.69 Å². The second kappa shape index (κ2) is 8.97. The van der Waals surface area contributed by atoms with Crippen molar-refractivity contribution in [2.75, 3.05) is 0 Å². The van der Waals surface area contributed by atoms with Gasteiger partial charge in [-0.2, -0.15) is 5.10 Å². The van der Waals surface area contributed by atoms with Gasteiger partial charge in [-0.1, -0.05) is 42.5 Å². The molecule has 30 heavy (non-hydrogen) atoms. The van der Waals surface area contributed by atoms with Gasteiger partial charge in [-0.25, -0.2) is 10.6 Å². The van der Waals surface area contributed by atoms with Gasteiger partial charge >= 0.3 is 5.97 Å². The molecule has 0 aliphatic carbocycles. The van der Waals surface area contributed by atoms with E-state index in [0.29, 0.717) is 11.3 Å². The number of non-ortho nitro benzene ring substituents is 1. The molecule has 1 atom stereocenters. The van der Waals surface area contributed by atoms with E-state index in [-0.39, 0.29) is 23.6 Å². The van der Waals surface area contributed by atoms with Crippen molar-refractivity contribution in [2.24, 2.45) is 10.9 Å². The van der Waals surface area contributed by atoms with Crippen LogP contribution in [0.2, 0.25) is 0 Å². The average Bonchev–Trinajstić information content (AvgIpc) is 2.77. The Morgan fingerprint density at radius 3 is 2.63 bits per heavy atom. The molecule has 1 amide bonds. The number of amides is 1. The number of nitrogens with one attached hydrogen (secondary N) is 2. The number of nitro benzene ring substituents is 1. The van der Waals surface area contributed by atoms with Crippen LogP contribution in [-0.4, -0.2) is 22.5 Å². The maximum absolute atomic E-state index is 13.0. The number of hydrogen-bond donors (Lipinski definition) is 3. The lowest BCUT2D eigenvalue weighted by molar-refractivity contribution is -0.384. The molecular formula is C20H19N5O5. The number of carbonyl (C=O) groups is 2. The molecule has 10 nitrogen and oxygen atoms in total. The highest BCUT2D eigenvalue weighted by Crippen LogP contribution is 2.33. The van der Waals surface area contributed by atoms with Gasteiger partial charge in [0.05, 0.1) is 16.4 Å². The molecule has 0 saturated carbocycles. The van der Waals surface area contributed by atoms with Crippen molar-refractivity contribution in [1.29, 1.82) is 0 Å². The van der Waals surface area contributed by atoms with Gasteiger partial charge in [0.25, 0.3) is 11.6 Å². The van der Waals surface area contributed by atoms with Crippen LogP contribution in [0.1, 0.15) is 24.0 Å². The Morgan fingerprint density at radius 2 is 1.97 bits per heavy atom. The zero-order valence-corrected chi connectivity index (χ0v) is 16.0. The minimum absolute atomic E-state index is 0.0215. The second-order valence-electron chi connectivity index (χ2n) is 6.47. The van der Waals surface area contributed by atoms with Crippen molar-refractivity contribution < 1.29 is 19.2 Å². The normalized spacial score (nSPS) is 15.7. The molecule has 2 aromatic rings. The van der Waals surface area contributed by atoms with E-state index < -0.39 is 22.7 Å². The van der Waals surface area contributed by atoms with Crippen LogP contribution in [-0.2, 0) is 20.9 Å². The monoisotopic (exact) mass is 409 g/mol. The Morgan fingerprint density at radius 1 is 1.23 bits per heavy atom. The number of benzene rings is 2. The van der Waals surface area contributed by atoms with Gasteiger partial charge in [0.1, 0.15) is 12.3 Å². The van der Waals surface area contributed by atoms with Crippen LogP contribution >= 0.6 is 0 Å². The number of hydrazone groups is 1. The molecule has 1 heterocycles. The topological polar surface area (TPSA) is 149 Å². The van der Waals surface area contributed by atoms with Crippen molar-refractivity contribution in [2.45, 2.75) is 19.4 Å². The molecule has 2 aromatic carbocycles. The summed E-state index contributed by atoms with van der Waals surface area (Å²) in [4.78, 5) is 35.9. The molecule has 0 bridgehead atoms. The largest absolute Gasteiger partial charge is 0.457 e. The summed E-state index contributed by atoms with van der Waals surface area (Å²) in [5.41, 5.74) is 5.90. The Labute approximate surface area is 171 Å². The van der Waals surface area contributed by atoms with Gasteiger partial charge < -0.3 is 4.74 Å². The number of ether oxygens (including phenoxy) is 1. The molecule has 1 unspecified atom stereocenters. The summed E-state index contributed by atoms with van der Waals surface area (Å²) in [6.07, 6.45) is 0. The molecule has 0 spiro atoms. The molecule has 10 heteroatoms. The van der Waals surface area contributed by atoms with Gasteiger partial charge in [0.15, 0.2) is 0 Å². The average molecular weight is 409 g/mol. The first-order valence-electron chi connectivity index (χ1n) is 8.93. The third-order valence-electron chi connectivity index (χ3n) is 4.52. The number of carbonyl (C=O) groups excluding carboxylic acids is 2. The Bertz CT molecular complexity index is 1050. The SMILES string of the molecule is CC1=C(C(=O)OCc2ccccc2)C(c2cccc([N+](=O)[O-])c2)C(C(=O)NN)=NN1. The highest BCUT2D eigenvalue weighted by atomic mass is 16.6. The first-order valence-corrected chi connectivity index (χ1v) is 8.93. The molecule has 3 rings (SSSR count). The second-order valence-corrected chi connectivity index (χ2v) is 6.47. The van der Waals surface area contributed by atoms with E-state index in [1.165, 1.54) is 18.2 Å². The lowest BCUT2D eigenvalue weighted by Crippen LogP contribution is -2.43. The van der Waals surface area contributed by atoms with E-state index in [0.717, 1.165) is 5.56 Å². The van der Waals surface area contributed by atoms with E-state index in [2.05, 4.69) is 10.5 Å². The van der Waals surface area contributed by atoms with Gasteiger partial charge in [0.2, 0.25) is 0 Å². The summed E-state index contributed by atoms with van der Waals surface area (Å²) in [7, 11) is 0. The van der Waals surface area contributed by atoms with Gasteiger partial charge in [0, 0.05) is 17.8 Å². The standard InChI is InChI=1S/C20H19N5O5/c1-12-16(20(27)30-11-13-6-3-2-4-7-13)17(18(24-23-12)19(26)22-21)14-8-5-9-15(10-14)25(28)29/h2-10,17,23H,11,21H2,1H3,(H,22,26). The third-order valence-corrected chi connectivity index (χ3v) is 4.52. The van der Waals surface area contributed by atoms with E-state index in [9.17, 15) is 19.7 Å². The van der Waals surface area contributed by atoms with E-state index in [4.69, 9.17) is 10.6 Å². The van der Waals surface area contributed by atoms with Crippen molar-refractivity contribution in [3.05, 3.63) is 87.1 Å². The van der Waals surface area contributed by atoms with Crippen molar-refractivity contribution in [1.82, 2.24) is 10.9 Å². The van der Waals surface area contributed by atoms with Gasteiger partial charge in [-0.05, 0) is 18.1 Å². The highest BCUT2D eigenvalue weighted by molar-refractivity contribution is 6.42. The lowest BCUT2D eigenvalue weighted by Gasteiger charge is -2.26. The third kappa shape index (κ3) is 4.33. The van der Waals surface area contributed by atoms with E-state index in [1.54, 1.807) is 25.1 Å².